The fourth-order valence-corrected chi connectivity index (χ4v) is 2.82. The Hall–Kier alpha value is -0.830. The summed E-state index contributed by atoms with van der Waals surface area (Å²) < 4.78 is 2.02. The molecule has 0 aromatic carbocycles. The fourth-order valence-electron chi connectivity index (χ4n) is 2.82. The van der Waals surface area contributed by atoms with E-state index in [-0.39, 0.29) is 0 Å². The summed E-state index contributed by atoms with van der Waals surface area (Å²) in [5, 5.41) is 7.91. The number of nitrogens with one attached hydrogen (secondary N) is 1. The van der Waals surface area contributed by atoms with Crippen LogP contribution in [0, 0.1) is 5.41 Å². The predicted molar refractivity (Wildman–Crippen MR) is 66.4 cm³/mol. The van der Waals surface area contributed by atoms with Gasteiger partial charge in [0, 0.05) is 30.9 Å². The van der Waals surface area contributed by atoms with Crippen LogP contribution in [0.2, 0.25) is 0 Å². The molecule has 0 amide bonds. The van der Waals surface area contributed by atoms with E-state index in [1.54, 1.807) is 0 Å². The number of aromatic nitrogens is 2. The molecule has 0 spiro atoms. The summed E-state index contributed by atoms with van der Waals surface area (Å²) in [7, 11) is 2.04. The second kappa shape index (κ2) is 4.21. The average Bonchev–Trinajstić information content (AvgIpc) is 2.63. The second-order valence-electron chi connectivity index (χ2n) is 5.50. The zero-order chi connectivity index (χ0) is 11.8. The molecule has 3 heteroatoms. The molecule has 1 aromatic rings. The lowest BCUT2D eigenvalue weighted by Gasteiger charge is -2.52. The molecule has 0 saturated heterocycles. The number of hydrogen-bond acceptors (Lipinski definition) is 2. The molecule has 0 radical (unpaired) electrons. The van der Waals surface area contributed by atoms with Crippen molar-refractivity contribution in [3.8, 4) is 0 Å². The van der Waals surface area contributed by atoms with Crippen molar-refractivity contribution in [3.05, 3.63) is 18.0 Å². The third-order valence-electron chi connectivity index (χ3n) is 4.12. The first-order valence-electron chi connectivity index (χ1n) is 6.28. The summed E-state index contributed by atoms with van der Waals surface area (Å²) in [6.07, 6.45) is 4.35. The average molecular weight is 221 g/mol. The van der Waals surface area contributed by atoms with Gasteiger partial charge in [0.25, 0.3) is 0 Å². The molecule has 3 nitrogen and oxygen atoms in total. The highest BCUT2D eigenvalue weighted by atomic mass is 15.3. The molecule has 1 aliphatic carbocycles. The van der Waals surface area contributed by atoms with Crippen molar-refractivity contribution in [3.63, 3.8) is 0 Å². The second-order valence-corrected chi connectivity index (χ2v) is 5.50. The zero-order valence-electron chi connectivity index (χ0n) is 10.8. The van der Waals surface area contributed by atoms with Crippen molar-refractivity contribution in [1.29, 1.82) is 0 Å². The van der Waals surface area contributed by atoms with Gasteiger partial charge in [-0.2, -0.15) is 5.10 Å². The highest BCUT2D eigenvalue weighted by Gasteiger charge is 2.49. The molecule has 0 bridgehead atoms. The van der Waals surface area contributed by atoms with Gasteiger partial charge in [-0.15, -0.1) is 0 Å². The van der Waals surface area contributed by atoms with Gasteiger partial charge in [0.15, 0.2) is 0 Å². The van der Waals surface area contributed by atoms with E-state index in [0.29, 0.717) is 17.4 Å². The first-order valence-corrected chi connectivity index (χ1v) is 6.28. The van der Waals surface area contributed by atoms with Crippen molar-refractivity contribution in [2.24, 2.45) is 12.5 Å². The molecule has 2 unspecified atom stereocenters. The minimum atomic E-state index is 0.350. The van der Waals surface area contributed by atoms with Gasteiger partial charge in [-0.25, -0.2) is 0 Å². The van der Waals surface area contributed by atoms with Crippen molar-refractivity contribution >= 4 is 0 Å². The number of hydrogen-bond donors (Lipinski definition) is 1. The first-order chi connectivity index (χ1) is 7.57. The third kappa shape index (κ3) is 1.77. The van der Waals surface area contributed by atoms with Gasteiger partial charge in [-0.1, -0.05) is 20.8 Å². The van der Waals surface area contributed by atoms with Crippen molar-refractivity contribution in [2.45, 2.75) is 45.6 Å². The van der Waals surface area contributed by atoms with Crippen molar-refractivity contribution in [1.82, 2.24) is 15.1 Å². The lowest BCUT2D eigenvalue weighted by molar-refractivity contribution is 0.0645. The van der Waals surface area contributed by atoms with Gasteiger partial charge in [-0.05, 0) is 30.9 Å². The van der Waals surface area contributed by atoms with Crippen molar-refractivity contribution < 1.29 is 0 Å². The van der Waals surface area contributed by atoms with E-state index in [4.69, 9.17) is 0 Å². The summed E-state index contributed by atoms with van der Waals surface area (Å²) in [5.41, 5.74) is 1.72. The maximum atomic E-state index is 4.27. The highest BCUT2D eigenvalue weighted by Crippen LogP contribution is 2.52. The largest absolute Gasteiger partial charge is 0.313 e. The number of nitrogens with zero attached hydrogens (tertiary/aromatic N) is 2. The van der Waals surface area contributed by atoms with Gasteiger partial charge in [0.1, 0.15) is 0 Å². The van der Waals surface area contributed by atoms with Gasteiger partial charge >= 0.3 is 0 Å². The zero-order valence-corrected chi connectivity index (χ0v) is 10.8. The normalized spacial score (nSPS) is 27.8. The molecule has 1 heterocycles. The predicted octanol–water partition coefficient (Wildman–Crippen LogP) is 2.30. The van der Waals surface area contributed by atoms with Crippen LogP contribution in [0.5, 0.6) is 0 Å². The van der Waals surface area contributed by atoms with Crippen LogP contribution in [0.15, 0.2) is 12.3 Å². The maximum absolute atomic E-state index is 4.27. The van der Waals surface area contributed by atoms with Crippen LogP contribution in [0.25, 0.3) is 0 Å². The Kier molecular flexibility index (Phi) is 3.06. The summed E-state index contributed by atoms with van der Waals surface area (Å²) in [5.74, 6) is 0.648. The SMILES string of the molecule is CCCNC1CC(c2ccnn2C)C1(C)C. The monoisotopic (exact) mass is 221 g/mol. The van der Waals surface area contributed by atoms with Gasteiger partial charge in [-0.3, -0.25) is 4.68 Å². The number of rotatable bonds is 4. The molecule has 1 N–H and O–H groups in total. The Morgan fingerprint density at radius 3 is 2.81 bits per heavy atom. The minimum absolute atomic E-state index is 0.350. The summed E-state index contributed by atoms with van der Waals surface area (Å²) in [6, 6.07) is 2.81. The van der Waals surface area contributed by atoms with E-state index in [0.717, 1.165) is 6.54 Å². The van der Waals surface area contributed by atoms with E-state index in [1.165, 1.54) is 18.5 Å². The van der Waals surface area contributed by atoms with E-state index < -0.39 is 0 Å². The lowest BCUT2D eigenvalue weighted by atomic mass is 9.57. The Morgan fingerprint density at radius 2 is 2.31 bits per heavy atom. The maximum Gasteiger partial charge on any atom is 0.0492 e. The molecule has 1 saturated carbocycles. The van der Waals surface area contributed by atoms with Crippen LogP contribution in [-0.4, -0.2) is 22.4 Å². The quantitative estimate of drug-likeness (QED) is 0.845. The Balaban J connectivity index is 2.04. The molecule has 2 atom stereocenters. The summed E-state index contributed by atoms with van der Waals surface area (Å²) >= 11 is 0. The Labute approximate surface area is 98.2 Å². The summed E-state index contributed by atoms with van der Waals surface area (Å²) in [4.78, 5) is 0. The molecule has 1 aliphatic rings. The summed E-state index contributed by atoms with van der Waals surface area (Å²) in [6.45, 7) is 8.08. The number of aryl methyl sites for hydroxylation is 1. The molecule has 16 heavy (non-hydrogen) atoms. The van der Waals surface area contributed by atoms with E-state index in [2.05, 4.69) is 37.3 Å². The van der Waals surface area contributed by atoms with Crippen LogP contribution in [0.1, 0.15) is 45.2 Å². The molecular weight excluding hydrogens is 198 g/mol. The Morgan fingerprint density at radius 1 is 1.56 bits per heavy atom. The van der Waals surface area contributed by atoms with Crippen LogP contribution in [-0.2, 0) is 7.05 Å². The molecule has 1 fully saturated rings. The fraction of sp³-hybridized carbons (Fsp3) is 0.769. The van der Waals surface area contributed by atoms with Gasteiger partial charge < -0.3 is 5.32 Å². The molecule has 90 valence electrons. The Bertz CT molecular complexity index is 354. The highest BCUT2D eigenvalue weighted by molar-refractivity contribution is 5.20. The van der Waals surface area contributed by atoms with Gasteiger partial charge in [0.05, 0.1) is 0 Å². The van der Waals surface area contributed by atoms with Crippen LogP contribution >= 0.6 is 0 Å². The van der Waals surface area contributed by atoms with E-state index >= 15 is 0 Å². The smallest absolute Gasteiger partial charge is 0.0492 e. The standard InChI is InChI=1S/C13H23N3/c1-5-7-14-12-9-10(13(12,2)3)11-6-8-15-16(11)4/h6,8,10,12,14H,5,7,9H2,1-4H3. The van der Waals surface area contributed by atoms with Gasteiger partial charge in [0.2, 0.25) is 0 Å². The lowest BCUT2D eigenvalue weighted by Crippen LogP contribution is -2.55. The van der Waals surface area contributed by atoms with E-state index in [1.807, 2.05) is 17.9 Å². The molecule has 1 aromatic heterocycles. The topological polar surface area (TPSA) is 29.9 Å². The van der Waals surface area contributed by atoms with E-state index in [9.17, 15) is 0 Å². The van der Waals surface area contributed by atoms with Crippen molar-refractivity contribution in [2.75, 3.05) is 6.54 Å². The third-order valence-corrected chi connectivity index (χ3v) is 4.12. The molecular formula is C13H23N3. The first kappa shape index (κ1) is 11.6. The van der Waals surface area contributed by atoms with Crippen LogP contribution < -0.4 is 5.32 Å². The van der Waals surface area contributed by atoms with Crippen LogP contribution in [0.4, 0.5) is 0 Å². The minimum Gasteiger partial charge on any atom is -0.313 e. The molecule has 0 aliphatic heterocycles. The molecule has 2 rings (SSSR count). The van der Waals surface area contributed by atoms with Crippen LogP contribution in [0.3, 0.4) is 0 Å².